The Bertz CT molecular complexity index is 2260. The van der Waals surface area contributed by atoms with Crippen LogP contribution in [0.15, 0.2) is 38.7 Å². The molecule has 0 spiro atoms. The lowest BCUT2D eigenvalue weighted by atomic mass is 10.0. The van der Waals surface area contributed by atoms with Crippen molar-refractivity contribution < 1.29 is 53.7 Å². The van der Waals surface area contributed by atoms with Gasteiger partial charge in [-0.05, 0) is 33.8 Å². The van der Waals surface area contributed by atoms with Gasteiger partial charge < -0.3 is 40.4 Å². The highest BCUT2D eigenvalue weighted by Crippen LogP contribution is 2.41. The van der Waals surface area contributed by atoms with Crippen LogP contribution in [0.25, 0.3) is 10.9 Å². The van der Waals surface area contributed by atoms with Gasteiger partial charge in [-0.15, -0.1) is 23.1 Å². The van der Waals surface area contributed by atoms with Gasteiger partial charge in [0, 0.05) is 42.2 Å². The number of nitrogens with zero attached hydrogens (tertiary/aromatic N) is 6. The maximum Gasteiger partial charge on any atom is 0.352 e. The number of aryl methyl sites for hydroxylation is 2. The highest BCUT2D eigenvalue weighted by Gasteiger charge is 2.55. The van der Waals surface area contributed by atoms with Crippen LogP contribution in [-0.2, 0) is 30.6 Å². The number of β-lactam (4-membered cyclic amide) rings is 1. The molecular weight excluding hydrogens is 773 g/mol. The number of oxime groups is 1. The van der Waals surface area contributed by atoms with E-state index in [2.05, 4.69) is 25.9 Å². The molecule has 0 aliphatic carbocycles. The number of quaternary nitrogens is 1. The predicted molar refractivity (Wildman–Crippen MR) is 202 cm³/mol. The summed E-state index contributed by atoms with van der Waals surface area (Å²) in [5, 5.41) is 54.6. The van der Waals surface area contributed by atoms with E-state index in [1.165, 1.54) is 58.0 Å². The summed E-state index contributed by atoms with van der Waals surface area (Å²) in [5.41, 5.74) is -2.47. The Kier molecular flexibility index (Phi) is 11.1. The number of carbonyl (C=O) groups is 5. The molecule has 2 saturated heterocycles. The van der Waals surface area contributed by atoms with Crippen molar-refractivity contribution in [3.8, 4) is 11.5 Å². The van der Waals surface area contributed by atoms with Crippen LogP contribution in [0.4, 0.5) is 0 Å². The number of amides is 3. The maximum absolute atomic E-state index is 13.6. The van der Waals surface area contributed by atoms with Gasteiger partial charge in [-0.3, -0.25) is 28.8 Å². The van der Waals surface area contributed by atoms with E-state index in [4.69, 9.17) is 4.84 Å². The van der Waals surface area contributed by atoms with Gasteiger partial charge in [-0.2, -0.15) is 5.10 Å². The van der Waals surface area contributed by atoms with E-state index in [1.54, 1.807) is 13.8 Å². The van der Waals surface area contributed by atoms with Crippen molar-refractivity contribution in [1.29, 1.82) is 0 Å². The van der Waals surface area contributed by atoms with Gasteiger partial charge in [0.1, 0.15) is 29.4 Å². The number of aromatic nitrogens is 3. The summed E-state index contributed by atoms with van der Waals surface area (Å²) in [6.07, 6.45) is 1.71. The average Bonchev–Trinajstić information content (AvgIpc) is 3.80. The molecule has 56 heavy (non-hydrogen) atoms. The zero-order valence-electron chi connectivity index (χ0n) is 30.9. The van der Waals surface area contributed by atoms with E-state index in [0.29, 0.717) is 34.7 Å². The lowest BCUT2D eigenvalue weighted by Crippen LogP contribution is -2.71. The SMILES string of the molecule is CCn1nc(C(=O)NCC[N+]2(CC3=C(C(=O)O)N4C(=O)[C@@H](NC(=O)/C(=N\OC(C)(C)C(=O)O)c5csc(C)n5)[C@H]4SC3)CCCC2)c(=O)c2cc(O)c(O)cc21. The lowest BCUT2D eigenvalue weighted by Gasteiger charge is -2.50. The molecule has 0 saturated carbocycles. The van der Waals surface area contributed by atoms with Crippen molar-refractivity contribution in [3.05, 3.63) is 55.4 Å². The number of thiazole rings is 1. The molecular formula is C35H41N8O11S2+. The van der Waals surface area contributed by atoms with Crippen LogP contribution in [0.5, 0.6) is 11.5 Å². The predicted octanol–water partition coefficient (Wildman–Crippen LogP) is 0.956. The normalized spacial score (nSPS) is 19.4. The van der Waals surface area contributed by atoms with Crippen molar-refractivity contribution in [2.75, 3.05) is 38.5 Å². The molecule has 3 aromatic rings. The molecule has 3 amide bonds. The van der Waals surface area contributed by atoms with Gasteiger partial charge in [0.15, 0.2) is 22.9 Å². The topological polar surface area (TPSA) is 263 Å². The molecule has 0 unspecified atom stereocenters. The highest BCUT2D eigenvalue weighted by atomic mass is 32.2. The average molecular weight is 814 g/mol. The smallest absolute Gasteiger partial charge is 0.352 e. The molecule has 21 heteroatoms. The number of fused-ring (bicyclic) bond motifs is 2. The summed E-state index contributed by atoms with van der Waals surface area (Å²) < 4.78 is 1.81. The second kappa shape index (κ2) is 15.5. The number of likely N-dealkylation sites (tertiary alicyclic amines) is 1. The van der Waals surface area contributed by atoms with E-state index >= 15 is 0 Å². The Balaban J connectivity index is 1.16. The monoisotopic (exact) mass is 813 g/mol. The van der Waals surface area contributed by atoms with E-state index < -0.39 is 63.6 Å². The minimum Gasteiger partial charge on any atom is -0.504 e. The summed E-state index contributed by atoms with van der Waals surface area (Å²) in [6.45, 7) is 8.42. The Hall–Kier alpha value is -5.54. The standard InChI is InChI=1S/C35H40N8O11S2/c1-5-41-21-13-23(45)22(44)12-19(21)28(46)25(39-41)29(47)36-8-11-43(9-6-7-10-43)14-18-15-56-32-26(31(49)42(32)27(18)33(50)51)38-30(48)24(20-16-55-17(2)37-20)40-54-35(3,4)34(52)53/h12-13,16,26,32H,5-11,14-15H2,1-4H3,(H5-,36,38,39,40,44,45,46,47,48,50,51,52,53)/p+1/t26-,32-/m1/s1. The first-order valence-electron chi connectivity index (χ1n) is 17.7. The molecule has 2 aromatic heterocycles. The van der Waals surface area contributed by atoms with E-state index in [-0.39, 0.29) is 59.1 Å². The van der Waals surface area contributed by atoms with Gasteiger partial charge in [-0.25, -0.2) is 14.6 Å². The molecule has 6 rings (SSSR count). The van der Waals surface area contributed by atoms with Crippen molar-refractivity contribution in [2.45, 2.75) is 64.1 Å². The third-order valence-electron chi connectivity index (χ3n) is 9.97. The van der Waals surface area contributed by atoms with Crippen LogP contribution in [0, 0.1) is 6.92 Å². The number of phenolic OH excluding ortho intramolecular Hbond substituents is 2. The van der Waals surface area contributed by atoms with Crippen molar-refractivity contribution >= 4 is 69.4 Å². The zero-order valence-corrected chi connectivity index (χ0v) is 32.5. The summed E-state index contributed by atoms with van der Waals surface area (Å²) in [4.78, 5) is 88.5. The molecule has 3 aliphatic heterocycles. The fourth-order valence-electron chi connectivity index (χ4n) is 6.95. The van der Waals surface area contributed by atoms with Gasteiger partial charge in [0.25, 0.3) is 17.7 Å². The largest absolute Gasteiger partial charge is 0.504 e. The maximum atomic E-state index is 13.6. The Morgan fingerprint density at radius 1 is 1.11 bits per heavy atom. The van der Waals surface area contributed by atoms with E-state index in [0.717, 1.165) is 18.9 Å². The number of thioether (sulfide) groups is 1. The molecule has 2 atom stereocenters. The third kappa shape index (κ3) is 7.65. The first-order chi connectivity index (χ1) is 26.5. The van der Waals surface area contributed by atoms with E-state index in [9.17, 15) is 49.2 Å². The van der Waals surface area contributed by atoms with Crippen molar-refractivity contribution in [2.24, 2.45) is 5.16 Å². The number of carboxylic acid groups (broad SMARTS) is 2. The van der Waals surface area contributed by atoms with Gasteiger partial charge in [-0.1, -0.05) is 5.16 Å². The molecule has 5 heterocycles. The Morgan fingerprint density at radius 3 is 2.43 bits per heavy atom. The number of nitrogens with one attached hydrogen (secondary N) is 2. The number of hydrogen-bond donors (Lipinski definition) is 6. The Labute approximate surface area is 327 Å². The fraction of sp³-hybridized carbons (Fsp3) is 0.457. The van der Waals surface area contributed by atoms with Crippen LogP contribution in [0.2, 0.25) is 0 Å². The van der Waals surface area contributed by atoms with Crippen LogP contribution >= 0.6 is 23.1 Å². The number of carbonyl (C=O) groups excluding carboxylic acids is 3. The van der Waals surface area contributed by atoms with Gasteiger partial charge in [0.2, 0.25) is 11.0 Å². The van der Waals surface area contributed by atoms with Crippen LogP contribution in [-0.4, -0.2) is 135 Å². The number of aromatic hydroxyl groups is 2. The summed E-state index contributed by atoms with van der Waals surface area (Å²) in [7, 11) is 0. The minimum atomic E-state index is -1.78. The number of hydrogen-bond acceptors (Lipinski definition) is 14. The number of benzene rings is 1. The van der Waals surface area contributed by atoms with E-state index in [1.807, 2.05) is 0 Å². The first-order valence-corrected chi connectivity index (χ1v) is 19.6. The molecule has 2 fully saturated rings. The lowest BCUT2D eigenvalue weighted by molar-refractivity contribution is -0.911. The van der Waals surface area contributed by atoms with Crippen LogP contribution < -0.4 is 16.1 Å². The minimum absolute atomic E-state index is 0.0193. The number of rotatable bonds is 14. The van der Waals surface area contributed by atoms with Gasteiger partial charge in [0.05, 0.1) is 42.1 Å². The molecule has 0 radical (unpaired) electrons. The van der Waals surface area contributed by atoms with Crippen LogP contribution in [0.3, 0.4) is 0 Å². The molecule has 19 nitrogen and oxygen atoms in total. The number of carboxylic acids is 2. The molecule has 298 valence electrons. The molecule has 6 N–H and O–H groups in total. The summed E-state index contributed by atoms with van der Waals surface area (Å²) in [5.74, 6) is -5.53. The molecule has 3 aliphatic rings. The second-order valence-corrected chi connectivity index (χ2v) is 16.4. The first kappa shape index (κ1) is 40.1. The van der Waals surface area contributed by atoms with Crippen molar-refractivity contribution in [1.82, 2.24) is 30.3 Å². The summed E-state index contributed by atoms with van der Waals surface area (Å²) in [6, 6.07) is 1.19. The Morgan fingerprint density at radius 2 is 1.80 bits per heavy atom. The second-order valence-electron chi connectivity index (χ2n) is 14.2. The van der Waals surface area contributed by atoms with Crippen LogP contribution in [0.1, 0.15) is 54.8 Å². The fourth-order valence-corrected chi connectivity index (χ4v) is 8.88. The van der Waals surface area contributed by atoms with Crippen molar-refractivity contribution in [3.63, 3.8) is 0 Å². The third-order valence-corrected chi connectivity index (χ3v) is 12.1. The highest BCUT2D eigenvalue weighted by molar-refractivity contribution is 8.00. The molecule has 1 aromatic carbocycles. The quantitative estimate of drug-likeness (QED) is 0.0436. The zero-order chi connectivity index (χ0) is 40.7. The van der Waals surface area contributed by atoms with Gasteiger partial charge >= 0.3 is 11.9 Å². The molecule has 0 bridgehead atoms. The summed E-state index contributed by atoms with van der Waals surface area (Å²) >= 11 is 2.52. The number of aliphatic carboxylic acids is 2. The number of phenols is 2.